The van der Waals surface area contributed by atoms with Crippen LogP contribution >= 0.6 is 0 Å². The number of allylic oxidation sites excluding steroid dienone is 2. The van der Waals surface area contributed by atoms with E-state index in [0.717, 1.165) is 15.9 Å². The van der Waals surface area contributed by atoms with Crippen LogP contribution in [0.3, 0.4) is 0 Å². The first kappa shape index (κ1) is 25.0. The molecule has 0 aromatic heterocycles. The van der Waals surface area contributed by atoms with Crippen molar-refractivity contribution >= 4 is 11.9 Å². The first-order valence-electron chi connectivity index (χ1n) is 11.4. The van der Waals surface area contributed by atoms with Gasteiger partial charge in [0.05, 0.1) is 18.4 Å². The number of fused-ring (bicyclic) bond motifs is 1. The number of carbonyl (C=O) groups excluding carboxylic acids is 2. The number of hydrogen-bond acceptors (Lipinski definition) is 6. The Bertz CT molecular complexity index is 1060. The van der Waals surface area contributed by atoms with Crippen molar-refractivity contribution < 1.29 is 36.3 Å². The normalized spacial score (nSPS) is 25.5. The second-order valence-corrected chi connectivity index (χ2v) is 9.32. The minimum Gasteiger partial charge on any atom is -0.464 e. The van der Waals surface area contributed by atoms with Gasteiger partial charge in [0.1, 0.15) is 23.1 Å². The molecule has 0 aromatic rings. The molecule has 2 aliphatic carbocycles. The molecular weight excluding hydrogens is 475 g/mol. The number of nitriles is 1. The van der Waals surface area contributed by atoms with Gasteiger partial charge in [0.15, 0.2) is 0 Å². The van der Waals surface area contributed by atoms with Crippen LogP contribution in [0.5, 0.6) is 0 Å². The Hall–Kier alpha value is -3.10. The maximum absolute atomic E-state index is 14.7. The number of rotatable bonds is 6. The molecule has 190 valence electrons. The number of nitrogens with zero attached hydrogens (tertiary/aromatic N) is 3. The van der Waals surface area contributed by atoms with Gasteiger partial charge in [0.2, 0.25) is 11.8 Å². The van der Waals surface area contributed by atoms with Crippen LogP contribution in [-0.4, -0.2) is 52.0 Å². The number of primary amides is 1. The monoisotopic (exact) mass is 500 g/mol. The van der Waals surface area contributed by atoms with Crippen LogP contribution in [0.15, 0.2) is 34.9 Å². The van der Waals surface area contributed by atoms with Crippen LogP contribution in [0.2, 0.25) is 0 Å². The SMILES string of the molecule is CCOC(=O)C1(N2C3=CC(C(N)=O)=CC(C#N)N3C(CC3CCC(F)(F)CC3)=C2C(F)(F)F)CC1. The zero-order valence-electron chi connectivity index (χ0n) is 19.0. The first-order chi connectivity index (χ1) is 16.3. The number of alkyl halides is 5. The maximum Gasteiger partial charge on any atom is 0.433 e. The number of amides is 1. The van der Waals surface area contributed by atoms with Gasteiger partial charge in [-0.1, -0.05) is 0 Å². The predicted molar refractivity (Wildman–Crippen MR) is 112 cm³/mol. The summed E-state index contributed by atoms with van der Waals surface area (Å²) >= 11 is 0. The van der Waals surface area contributed by atoms with E-state index < -0.39 is 60.0 Å². The summed E-state index contributed by atoms with van der Waals surface area (Å²) < 4.78 is 76.4. The Morgan fingerprint density at radius 2 is 1.86 bits per heavy atom. The Kier molecular flexibility index (Phi) is 6.10. The molecule has 0 spiro atoms. The van der Waals surface area contributed by atoms with E-state index in [0.29, 0.717) is 0 Å². The van der Waals surface area contributed by atoms with Gasteiger partial charge >= 0.3 is 12.1 Å². The number of hydrogen-bond donors (Lipinski definition) is 1. The summed E-state index contributed by atoms with van der Waals surface area (Å²) in [5, 5.41) is 9.79. The van der Waals surface area contributed by atoms with Gasteiger partial charge in [-0.3, -0.25) is 4.79 Å². The number of esters is 1. The molecule has 2 heterocycles. The largest absolute Gasteiger partial charge is 0.464 e. The van der Waals surface area contributed by atoms with Crippen LogP contribution < -0.4 is 5.73 Å². The minimum atomic E-state index is -4.94. The molecule has 2 fully saturated rings. The molecule has 12 heteroatoms. The highest BCUT2D eigenvalue weighted by molar-refractivity contribution is 5.95. The molecule has 4 aliphatic rings. The average molecular weight is 500 g/mol. The number of ether oxygens (including phenoxy) is 1. The fourth-order valence-corrected chi connectivity index (χ4v) is 5.13. The summed E-state index contributed by atoms with van der Waals surface area (Å²) in [4.78, 5) is 26.7. The summed E-state index contributed by atoms with van der Waals surface area (Å²) in [6.45, 7) is 1.49. The Balaban J connectivity index is 1.86. The summed E-state index contributed by atoms with van der Waals surface area (Å²) in [7, 11) is 0. The third-order valence-electron chi connectivity index (χ3n) is 6.97. The Labute approximate surface area is 198 Å². The molecule has 1 unspecified atom stereocenters. The lowest BCUT2D eigenvalue weighted by molar-refractivity contribution is -0.153. The summed E-state index contributed by atoms with van der Waals surface area (Å²) in [5.41, 5.74) is 2.16. The highest BCUT2D eigenvalue weighted by Crippen LogP contribution is 2.57. The molecule has 7 nitrogen and oxygen atoms in total. The molecule has 1 atom stereocenters. The topological polar surface area (TPSA) is 99.7 Å². The molecule has 2 aliphatic heterocycles. The highest BCUT2D eigenvalue weighted by Gasteiger charge is 2.65. The second kappa shape index (κ2) is 8.53. The van der Waals surface area contributed by atoms with E-state index in [9.17, 15) is 36.8 Å². The number of halogens is 5. The van der Waals surface area contributed by atoms with Crippen LogP contribution in [0.1, 0.15) is 51.9 Å². The van der Waals surface area contributed by atoms with E-state index in [1.54, 1.807) is 0 Å². The van der Waals surface area contributed by atoms with Gasteiger partial charge in [0, 0.05) is 18.4 Å². The van der Waals surface area contributed by atoms with Gasteiger partial charge in [0.25, 0.3) is 0 Å². The van der Waals surface area contributed by atoms with E-state index in [1.807, 2.05) is 6.07 Å². The molecular formula is C23H25F5N4O3. The Morgan fingerprint density at radius 3 is 2.34 bits per heavy atom. The van der Waals surface area contributed by atoms with Crippen molar-refractivity contribution in [3.63, 3.8) is 0 Å². The van der Waals surface area contributed by atoms with Crippen LogP contribution in [0.25, 0.3) is 0 Å². The van der Waals surface area contributed by atoms with Crippen LogP contribution in [0.4, 0.5) is 22.0 Å². The minimum absolute atomic E-state index is 0.0249. The van der Waals surface area contributed by atoms with Gasteiger partial charge in [-0.25, -0.2) is 13.6 Å². The number of nitrogens with two attached hydrogens (primary N) is 1. The molecule has 0 bridgehead atoms. The van der Waals surface area contributed by atoms with Crippen LogP contribution in [0, 0.1) is 17.2 Å². The molecule has 0 radical (unpaired) electrons. The van der Waals surface area contributed by atoms with E-state index >= 15 is 0 Å². The van der Waals surface area contributed by atoms with Gasteiger partial charge in [-0.15, -0.1) is 0 Å². The smallest absolute Gasteiger partial charge is 0.433 e. The zero-order chi connectivity index (χ0) is 25.8. The standard InChI is InChI=1S/C23H25F5N4O3/c1-2-35-20(34)21(7-8-21)32-17-11-14(19(30)33)10-15(12-29)31(17)16(18(32)23(26,27)28)9-13-3-5-22(24,25)6-4-13/h10-11,13,15H,2-9H2,1H3,(H2,30,33). The van der Waals surface area contributed by atoms with Crippen molar-refractivity contribution in [2.45, 2.75) is 75.5 Å². The van der Waals surface area contributed by atoms with Gasteiger partial charge < -0.3 is 20.3 Å². The van der Waals surface area contributed by atoms with Crippen molar-refractivity contribution in [1.29, 1.82) is 5.26 Å². The summed E-state index contributed by atoms with van der Waals surface area (Å²) in [6, 6.07) is 0.588. The lowest BCUT2D eigenvalue weighted by Crippen LogP contribution is -2.47. The maximum atomic E-state index is 14.7. The fraction of sp³-hybridized carbons (Fsp3) is 0.609. The quantitative estimate of drug-likeness (QED) is 0.440. The van der Waals surface area contributed by atoms with Crippen molar-refractivity contribution in [1.82, 2.24) is 9.80 Å². The third-order valence-corrected chi connectivity index (χ3v) is 6.97. The van der Waals surface area contributed by atoms with E-state index in [1.165, 1.54) is 13.0 Å². The highest BCUT2D eigenvalue weighted by atomic mass is 19.4. The van der Waals surface area contributed by atoms with Crippen molar-refractivity contribution in [3.8, 4) is 6.07 Å². The molecule has 4 rings (SSSR count). The van der Waals surface area contributed by atoms with Gasteiger partial charge in [-0.2, -0.15) is 18.4 Å². The second-order valence-electron chi connectivity index (χ2n) is 9.32. The molecule has 2 saturated carbocycles. The molecule has 1 amide bonds. The van der Waals surface area contributed by atoms with Crippen molar-refractivity contribution in [2.24, 2.45) is 11.7 Å². The average Bonchev–Trinajstić information content (AvgIpc) is 3.51. The van der Waals surface area contributed by atoms with Crippen molar-refractivity contribution in [3.05, 3.63) is 34.9 Å². The predicted octanol–water partition coefficient (Wildman–Crippen LogP) is 3.85. The summed E-state index contributed by atoms with van der Waals surface area (Å²) in [5.74, 6) is -5.27. The van der Waals surface area contributed by atoms with E-state index in [4.69, 9.17) is 10.5 Å². The zero-order valence-corrected chi connectivity index (χ0v) is 19.0. The van der Waals surface area contributed by atoms with E-state index in [-0.39, 0.29) is 55.8 Å². The lowest BCUT2D eigenvalue weighted by Gasteiger charge is -2.36. The fourth-order valence-electron chi connectivity index (χ4n) is 5.13. The molecule has 0 aromatic carbocycles. The van der Waals surface area contributed by atoms with Crippen LogP contribution in [-0.2, 0) is 14.3 Å². The van der Waals surface area contributed by atoms with Crippen molar-refractivity contribution in [2.75, 3.05) is 6.61 Å². The third kappa shape index (κ3) is 4.36. The first-order valence-corrected chi connectivity index (χ1v) is 11.4. The van der Waals surface area contributed by atoms with E-state index in [2.05, 4.69) is 0 Å². The molecule has 35 heavy (non-hydrogen) atoms. The lowest BCUT2D eigenvalue weighted by atomic mass is 9.83. The number of carbonyl (C=O) groups is 2. The Morgan fingerprint density at radius 1 is 1.23 bits per heavy atom. The van der Waals surface area contributed by atoms with Gasteiger partial charge in [-0.05, 0) is 57.1 Å². The summed E-state index contributed by atoms with van der Waals surface area (Å²) in [6.07, 6.45) is -3.51. The molecule has 2 N–H and O–H groups in total. The molecule has 0 saturated heterocycles.